The second-order valence-electron chi connectivity index (χ2n) is 9.49. The van der Waals surface area contributed by atoms with Gasteiger partial charge in [-0.2, -0.15) is 5.26 Å². The van der Waals surface area contributed by atoms with Crippen molar-refractivity contribution < 1.29 is 9.18 Å². The maximum absolute atomic E-state index is 14.4. The summed E-state index contributed by atoms with van der Waals surface area (Å²) in [7, 11) is 0. The normalized spacial score (nSPS) is 19.6. The topological polar surface area (TPSA) is 62.6 Å². The molecule has 0 radical (unpaired) electrons. The van der Waals surface area contributed by atoms with E-state index in [1.165, 1.54) is 24.5 Å². The van der Waals surface area contributed by atoms with Gasteiger partial charge in [0.15, 0.2) is 0 Å². The molecule has 2 amide bonds. The van der Waals surface area contributed by atoms with Gasteiger partial charge in [-0.05, 0) is 69.0 Å². The highest BCUT2D eigenvalue weighted by Gasteiger charge is 2.29. The Bertz CT molecular complexity index is 1000. The Hall–Kier alpha value is -3.11. The smallest absolute Gasteiger partial charge is 0.317 e. The molecular formula is C27H34FN5O. The van der Waals surface area contributed by atoms with Crippen molar-refractivity contribution in [3.63, 3.8) is 0 Å². The number of hydrogen-bond acceptors (Lipinski definition) is 4. The van der Waals surface area contributed by atoms with Crippen molar-refractivity contribution in [1.82, 2.24) is 15.1 Å². The zero-order valence-electron chi connectivity index (χ0n) is 19.9. The van der Waals surface area contributed by atoms with Crippen molar-refractivity contribution in [3.8, 4) is 6.07 Å². The fraction of sp³-hybridized carbons (Fsp3) is 0.481. The molecule has 2 fully saturated rings. The van der Waals surface area contributed by atoms with E-state index in [4.69, 9.17) is 5.26 Å². The molecule has 1 atom stereocenters. The van der Waals surface area contributed by atoms with E-state index in [0.717, 1.165) is 26.1 Å². The van der Waals surface area contributed by atoms with Crippen LogP contribution in [0, 0.1) is 23.1 Å². The fourth-order valence-electron chi connectivity index (χ4n) is 5.07. The number of nitrogens with zero attached hydrogens (tertiary/aromatic N) is 4. The molecule has 0 saturated carbocycles. The number of nitrogens with one attached hydrogen (secondary N) is 1. The number of benzene rings is 2. The van der Waals surface area contributed by atoms with Crippen LogP contribution in [0.5, 0.6) is 0 Å². The Morgan fingerprint density at radius 1 is 1.12 bits per heavy atom. The molecule has 0 spiro atoms. The third kappa shape index (κ3) is 6.06. The molecule has 2 aromatic carbocycles. The fourth-order valence-corrected chi connectivity index (χ4v) is 5.07. The van der Waals surface area contributed by atoms with Crippen LogP contribution in [0.3, 0.4) is 0 Å². The average molecular weight is 464 g/mol. The summed E-state index contributed by atoms with van der Waals surface area (Å²) >= 11 is 0. The Morgan fingerprint density at radius 3 is 2.56 bits per heavy atom. The standard InChI is InChI=1S/C27H34FN5O/c1-21-19-32(26-8-7-24(18-29)17-25(26)28)15-16-33(21)27(34)30-12-9-22-10-13-31(14-11-22)20-23-5-3-2-4-6-23/h2-8,17,21-22H,9-16,19-20H2,1H3,(H,30,34)/t21-/m1/s1. The summed E-state index contributed by atoms with van der Waals surface area (Å²) in [4.78, 5) is 19.1. The number of nitriles is 1. The molecule has 6 nitrogen and oxygen atoms in total. The second kappa shape index (κ2) is 11.3. The van der Waals surface area contributed by atoms with Gasteiger partial charge in [0.2, 0.25) is 0 Å². The molecule has 2 aliphatic rings. The van der Waals surface area contributed by atoms with Crippen LogP contribution < -0.4 is 10.2 Å². The SMILES string of the molecule is C[C@@H]1CN(c2ccc(C#N)cc2F)CCN1C(=O)NCCC1CCN(Cc2ccccc2)CC1. The van der Waals surface area contributed by atoms with E-state index in [0.29, 0.717) is 43.3 Å². The minimum absolute atomic E-state index is 0.0231. The third-order valence-electron chi connectivity index (χ3n) is 7.09. The number of carbonyl (C=O) groups excluding carboxylic acids is 1. The maximum Gasteiger partial charge on any atom is 0.317 e. The molecular weight excluding hydrogens is 429 g/mol. The second-order valence-corrected chi connectivity index (χ2v) is 9.49. The number of hydrogen-bond donors (Lipinski definition) is 1. The van der Waals surface area contributed by atoms with Gasteiger partial charge in [-0.15, -0.1) is 0 Å². The van der Waals surface area contributed by atoms with Gasteiger partial charge in [0.25, 0.3) is 0 Å². The Labute approximate surface area is 201 Å². The lowest BCUT2D eigenvalue weighted by Crippen LogP contribution is -2.57. The van der Waals surface area contributed by atoms with Crippen LogP contribution in [-0.4, -0.2) is 61.1 Å². The predicted molar refractivity (Wildman–Crippen MR) is 132 cm³/mol. The summed E-state index contributed by atoms with van der Waals surface area (Å²) in [5, 5.41) is 12.0. The minimum atomic E-state index is -0.390. The number of likely N-dealkylation sites (tertiary alicyclic amines) is 1. The Kier molecular flexibility index (Phi) is 8.02. The molecule has 2 aliphatic heterocycles. The number of piperazine rings is 1. The van der Waals surface area contributed by atoms with Gasteiger partial charge >= 0.3 is 6.03 Å². The lowest BCUT2D eigenvalue weighted by Gasteiger charge is -2.41. The first kappa shape index (κ1) is 24.0. The molecule has 0 aliphatic carbocycles. The average Bonchev–Trinajstić information content (AvgIpc) is 2.85. The monoisotopic (exact) mass is 463 g/mol. The van der Waals surface area contributed by atoms with Crippen LogP contribution in [0.2, 0.25) is 0 Å². The van der Waals surface area contributed by atoms with Gasteiger partial charge in [-0.25, -0.2) is 9.18 Å². The third-order valence-corrected chi connectivity index (χ3v) is 7.09. The highest BCUT2D eigenvalue weighted by Crippen LogP contribution is 2.24. The summed E-state index contributed by atoms with van der Waals surface area (Å²) in [6, 6.07) is 17.1. The van der Waals surface area contributed by atoms with Crippen molar-refractivity contribution in [2.45, 2.75) is 38.8 Å². The summed E-state index contributed by atoms with van der Waals surface area (Å²) in [5.74, 6) is 0.264. The highest BCUT2D eigenvalue weighted by atomic mass is 19.1. The van der Waals surface area contributed by atoms with Crippen molar-refractivity contribution in [3.05, 3.63) is 65.5 Å². The minimum Gasteiger partial charge on any atom is -0.365 e. The van der Waals surface area contributed by atoms with Gasteiger partial charge in [0.1, 0.15) is 5.82 Å². The molecule has 2 saturated heterocycles. The lowest BCUT2D eigenvalue weighted by atomic mass is 9.93. The van der Waals surface area contributed by atoms with Crippen LogP contribution >= 0.6 is 0 Å². The van der Waals surface area contributed by atoms with Crippen molar-refractivity contribution in [2.75, 3.05) is 44.2 Å². The number of anilines is 1. The predicted octanol–water partition coefficient (Wildman–Crippen LogP) is 4.22. The lowest BCUT2D eigenvalue weighted by molar-refractivity contribution is 0.162. The molecule has 2 heterocycles. The van der Waals surface area contributed by atoms with Crippen LogP contribution in [0.25, 0.3) is 0 Å². The number of rotatable bonds is 6. The Morgan fingerprint density at radius 2 is 1.88 bits per heavy atom. The molecule has 1 N–H and O–H groups in total. The number of carbonyl (C=O) groups is 1. The summed E-state index contributed by atoms with van der Waals surface area (Å²) in [5.41, 5.74) is 2.17. The quantitative estimate of drug-likeness (QED) is 0.697. The van der Waals surface area contributed by atoms with E-state index in [-0.39, 0.29) is 17.9 Å². The number of piperidine rings is 1. The molecule has 180 valence electrons. The molecule has 2 aromatic rings. The molecule has 0 bridgehead atoms. The first-order valence-electron chi connectivity index (χ1n) is 12.3. The molecule has 0 unspecified atom stereocenters. The molecule has 4 rings (SSSR count). The first-order valence-corrected chi connectivity index (χ1v) is 12.3. The highest BCUT2D eigenvalue weighted by molar-refractivity contribution is 5.75. The molecule has 0 aromatic heterocycles. The van der Waals surface area contributed by atoms with Crippen LogP contribution in [-0.2, 0) is 6.54 Å². The van der Waals surface area contributed by atoms with E-state index in [9.17, 15) is 9.18 Å². The number of amides is 2. The number of halogens is 1. The van der Waals surface area contributed by atoms with Crippen LogP contribution in [0.1, 0.15) is 37.3 Å². The van der Waals surface area contributed by atoms with E-state index in [1.54, 1.807) is 12.1 Å². The van der Waals surface area contributed by atoms with Gasteiger partial charge in [0.05, 0.1) is 17.3 Å². The summed E-state index contributed by atoms with van der Waals surface area (Å²) in [6.07, 6.45) is 3.36. The van der Waals surface area contributed by atoms with Gasteiger partial charge in [-0.1, -0.05) is 30.3 Å². The van der Waals surface area contributed by atoms with Crippen LogP contribution in [0.15, 0.2) is 48.5 Å². The molecule has 34 heavy (non-hydrogen) atoms. The van der Waals surface area contributed by atoms with E-state index >= 15 is 0 Å². The largest absolute Gasteiger partial charge is 0.365 e. The molecule has 7 heteroatoms. The van der Waals surface area contributed by atoms with Gasteiger partial charge in [-0.3, -0.25) is 4.90 Å². The Balaban J connectivity index is 1.17. The van der Waals surface area contributed by atoms with E-state index in [1.807, 2.05) is 22.8 Å². The maximum atomic E-state index is 14.4. The van der Waals surface area contributed by atoms with Crippen molar-refractivity contribution >= 4 is 11.7 Å². The van der Waals surface area contributed by atoms with E-state index in [2.05, 4.69) is 40.5 Å². The van der Waals surface area contributed by atoms with Gasteiger partial charge < -0.3 is 15.1 Å². The first-order chi connectivity index (χ1) is 16.5. The van der Waals surface area contributed by atoms with Crippen molar-refractivity contribution in [1.29, 1.82) is 5.26 Å². The van der Waals surface area contributed by atoms with Crippen LogP contribution in [0.4, 0.5) is 14.9 Å². The van der Waals surface area contributed by atoms with Gasteiger partial charge in [0, 0.05) is 38.8 Å². The zero-order valence-corrected chi connectivity index (χ0v) is 19.9. The van der Waals surface area contributed by atoms with E-state index < -0.39 is 0 Å². The summed E-state index contributed by atoms with van der Waals surface area (Å²) < 4.78 is 14.4. The van der Waals surface area contributed by atoms with Crippen molar-refractivity contribution in [2.24, 2.45) is 5.92 Å². The summed E-state index contributed by atoms with van der Waals surface area (Å²) in [6.45, 7) is 7.60. The zero-order chi connectivity index (χ0) is 23.9. The number of urea groups is 1.